The Morgan fingerprint density at radius 2 is 1.71 bits per heavy atom. The van der Waals surface area contributed by atoms with Gasteiger partial charge in [-0.25, -0.2) is 5.48 Å². The molecule has 3 rings (SSSR count). The molecule has 31 heavy (non-hydrogen) atoms. The summed E-state index contributed by atoms with van der Waals surface area (Å²) in [4.78, 5) is 27.2. The number of carbonyl (C=O) groups is 2. The first-order valence-corrected chi connectivity index (χ1v) is 10.3. The molecule has 7 heteroatoms. The normalized spacial score (nSPS) is 10.5. The van der Waals surface area contributed by atoms with Gasteiger partial charge < -0.3 is 15.0 Å². The van der Waals surface area contributed by atoms with Gasteiger partial charge in [0.2, 0.25) is 5.91 Å². The van der Waals surface area contributed by atoms with Gasteiger partial charge in [-0.2, -0.15) is 0 Å². The van der Waals surface area contributed by atoms with E-state index in [4.69, 9.17) is 9.94 Å². The number of methoxy groups -OCH3 is 1. The number of amides is 2. The average Bonchev–Trinajstić information content (AvgIpc) is 3.27. The summed E-state index contributed by atoms with van der Waals surface area (Å²) >= 11 is 0. The summed E-state index contributed by atoms with van der Waals surface area (Å²) in [6, 6.07) is 19.4. The third-order valence-electron chi connectivity index (χ3n) is 5.02. The molecule has 162 valence electrons. The van der Waals surface area contributed by atoms with E-state index in [2.05, 4.69) is 10.3 Å². The first-order valence-electron chi connectivity index (χ1n) is 10.3. The zero-order chi connectivity index (χ0) is 22.1. The van der Waals surface area contributed by atoms with E-state index in [-0.39, 0.29) is 12.3 Å². The van der Waals surface area contributed by atoms with Crippen LogP contribution in [0.4, 0.5) is 0 Å². The van der Waals surface area contributed by atoms with Gasteiger partial charge >= 0.3 is 0 Å². The van der Waals surface area contributed by atoms with Crippen molar-refractivity contribution < 1.29 is 19.5 Å². The molecule has 3 aromatic rings. The number of aromatic amines is 1. The zero-order valence-electron chi connectivity index (χ0n) is 17.5. The molecule has 1 aromatic heterocycles. The minimum atomic E-state index is -0.394. The predicted octanol–water partition coefficient (Wildman–Crippen LogP) is 4.15. The predicted molar refractivity (Wildman–Crippen MR) is 119 cm³/mol. The lowest BCUT2D eigenvalue weighted by Crippen LogP contribution is -2.25. The number of carbonyl (C=O) groups excluding carboxylic acids is 2. The van der Waals surface area contributed by atoms with E-state index < -0.39 is 5.91 Å². The van der Waals surface area contributed by atoms with Crippen molar-refractivity contribution >= 4 is 11.8 Å². The summed E-state index contributed by atoms with van der Waals surface area (Å²) in [5.41, 5.74) is 5.73. The third kappa shape index (κ3) is 5.96. The van der Waals surface area contributed by atoms with Gasteiger partial charge in [0.1, 0.15) is 11.4 Å². The number of hydroxylamine groups is 1. The second kappa shape index (κ2) is 11.0. The summed E-state index contributed by atoms with van der Waals surface area (Å²) in [5, 5.41) is 11.5. The van der Waals surface area contributed by atoms with Crippen LogP contribution in [0.5, 0.6) is 5.75 Å². The first kappa shape index (κ1) is 22.1. The number of H-pyrrole nitrogens is 1. The van der Waals surface area contributed by atoms with E-state index in [0.717, 1.165) is 41.0 Å². The molecule has 1 heterocycles. The van der Waals surface area contributed by atoms with Gasteiger partial charge in [0, 0.05) is 24.2 Å². The number of unbranched alkanes of at least 4 members (excludes halogenated alkanes) is 2. The monoisotopic (exact) mass is 421 g/mol. The van der Waals surface area contributed by atoms with Crippen LogP contribution in [0.2, 0.25) is 0 Å². The van der Waals surface area contributed by atoms with Crippen molar-refractivity contribution in [3.05, 3.63) is 66.4 Å². The first-order chi connectivity index (χ1) is 15.1. The van der Waals surface area contributed by atoms with E-state index in [9.17, 15) is 9.59 Å². The maximum absolute atomic E-state index is 12.9. The highest BCUT2D eigenvalue weighted by Gasteiger charge is 2.17. The van der Waals surface area contributed by atoms with Crippen molar-refractivity contribution in [3.63, 3.8) is 0 Å². The molecule has 0 spiro atoms. The lowest BCUT2D eigenvalue weighted by atomic mass is 10.0. The maximum Gasteiger partial charge on any atom is 0.268 e. The molecule has 2 amide bonds. The van der Waals surface area contributed by atoms with Crippen LogP contribution in [-0.4, -0.2) is 35.7 Å². The molecule has 4 N–H and O–H groups in total. The van der Waals surface area contributed by atoms with Crippen molar-refractivity contribution in [1.29, 1.82) is 0 Å². The van der Waals surface area contributed by atoms with Crippen LogP contribution < -0.4 is 15.5 Å². The number of rotatable bonds is 10. The summed E-state index contributed by atoms with van der Waals surface area (Å²) in [6.07, 6.45) is 2.45. The Balaban J connectivity index is 1.72. The number of hydrogen-bond donors (Lipinski definition) is 4. The van der Waals surface area contributed by atoms with Crippen LogP contribution in [0.1, 0.15) is 36.2 Å². The average molecular weight is 421 g/mol. The van der Waals surface area contributed by atoms with Crippen LogP contribution >= 0.6 is 0 Å². The van der Waals surface area contributed by atoms with Crippen molar-refractivity contribution in [2.75, 3.05) is 13.7 Å². The number of aromatic nitrogens is 1. The number of benzene rings is 2. The van der Waals surface area contributed by atoms with Crippen molar-refractivity contribution in [2.45, 2.75) is 25.7 Å². The molecule has 0 radical (unpaired) electrons. The molecule has 0 fully saturated rings. The molecule has 0 aliphatic rings. The number of hydrogen-bond acceptors (Lipinski definition) is 4. The molecule has 0 atom stereocenters. The molecule has 0 saturated heterocycles. The van der Waals surface area contributed by atoms with E-state index in [1.165, 1.54) is 0 Å². The summed E-state index contributed by atoms with van der Waals surface area (Å²) in [5.74, 6) is 0.203. The maximum atomic E-state index is 12.9. The van der Waals surface area contributed by atoms with E-state index in [0.29, 0.717) is 18.7 Å². The van der Waals surface area contributed by atoms with Gasteiger partial charge in [0.05, 0.1) is 7.11 Å². The van der Waals surface area contributed by atoms with Gasteiger partial charge in [-0.3, -0.25) is 14.8 Å². The minimum Gasteiger partial charge on any atom is -0.497 e. The fourth-order valence-electron chi connectivity index (χ4n) is 3.34. The Labute approximate surface area is 181 Å². The Morgan fingerprint density at radius 1 is 0.968 bits per heavy atom. The SMILES string of the molecule is COc1ccc(-c2cc(-c3ccccc3)c(C(=O)NCCCCCC(=O)NO)[nH]2)cc1. The fourth-order valence-corrected chi connectivity index (χ4v) is 3.34. The van der Waals surface area contributed by atoms with Gasteiger partial charge in [-0.1, -0.05) is 36.8 Å². The van der Waals surface area contributed by atoms with Gasteiger partial charge in [-0.15, -0.1) is 0 Å². The molecule has 0 aliphatic carbocycles. The van der Waals surface area contributed by atoms with E-state index in [1.807, 2.05) is 60.7 Å². The summed E-state index contributed by atoms with van der Waals surface area (Å²) < 4.78 is 5.22. The molecule has 2 aromatic carbocycles. The molecule has 7 nitrogen and oxygen atoms in total. The third-order valence-corrected chi connectivity index (χ3v) is 5.02. The Kier molecular flexibility index (Phi) is 7.84. The van der Waals surface area contributed by atoms with Crippen LogP contribution in [0, 0.1) is 0 Å². The van der Waals surface area contributed by atoms with Gasteiger partial charge in [-0.05, 0) is 54.3 Å². The Morgan fingerprint density at radius 3 is 2.39 bits per heavy atom. The fraction of sp³-hybridized carbons (Fsp3) is 0.250. The minimum absolute atomic E-state index is 0.174. The lowest BCUT2D eigenvalue weighted by Gasteiger charge is -2.07. The topological polar surface area (TPSA) is 103 Å². The summed E-state index contributed by atoms with van der Waals surface area (Å²) in [7, 11) is 1.63. The quantitative estimate of drug-likeness (QED) is 0.224. The van der Waals surface area contributed by atoms with Crippen LogP contribution in [-0.2, 0) is 4.79 Å². The molecule has 0 unspecified atom stereocenters. The summed E-state index contributed by atoms with van der Waals surface area (Å²) in [6.45, 7) is 0.505. The van der Waals surface area contributed by atoms with E-state index in [1.54, 1.807) is 12.6 Å². The van der Waals surface area contributed by atoms with Crippen LogP contribution in [0.25, 0.3) is 22.4 Å². The Bertz CT molecular complexity index is 997. The van der Waals surface area contributed by atoms with Crippen molar-refractivity contribution in [2.24, 2.45) is 0 Å². The van der Waals surface area contributed by atoms with E-state index >= 15 is 0 Å². The second-order valence-corrected chi connectivity index (χ2v) is 7.17. The van der Waals surface area contributed by atoms with Gasteiger partial charge in [0.25, 0.3) is 5.91 Å². The standard InChI is InChI=1S/C24H27N3O4/c1-31-19-13-11-18(12-14-19)21-16-20(17-8-4-2-5-9-17)23(26-21)24(29)25-15-7-3-6-10-22(28)27-30/h2,4-5,8-9,11-14,16,26,30H,3,6-7,10,15H2,1H3,(H,25,29)(H,27,28). The smallest absolute Gasteiger partial charge is 0.268 e. The highest BCUT2D eigenvalue weighted by atomic mass is 16.5. The number of nitrogens with one attached hydrogen (secondary N) is 3. The molecular weight excluding hydrogens is 394 g/mol. The largest absolute Gasteiger partial charge is 0.497 e. The van der Waals surface area contributed by atoms with Crippen molar-refractivity contribution in [1.82, 2.24) is 15.8 Å². The van der Waals surface area contributed by atoms with Gasteiger partial charge in [0.15, 0.2) is 0 Å². The van der Waals surface area contributed by atoms with Crippen molar-refractivity contribution in [3.8, 4) is 28.1 Å². The molecular formula is C24H27N3O4. The molecule has 0 saturated carbocycles. The van der Waals surface area contributed by atoms with Crippen LogP contribution in [0.15, 0.2) is 60.7 Å². The van der Waals surface area contributed by atoms with Crippen LogP contribution in [0.3, 0.4) is 0 Å². The lowest BCUT2D eigenvalue weighted by molar-refractivity contribution is -0.129. The molecule has 0 bridgehead atoms. The molecule has 0 aliphatic heterocycles. The number of ether oxygens (including phenoxy) is 1. The Hall–Kier alpha value is -3.58. The highest BCUT2D eigenvalue weighted by Crippen LogP contribution is 2.30. The zero-order valence-corrected chi connectivity index (χ0v) is 17.5. The second-order valence-electron chi connectivity index (χ2n) is 7.17. The highest BCUT2D eigenvalue weighted by molar-refractivity contribution is 6.00.